The molecule has 1 atom stereocenters. The molecule has 0 spiro atoms. The fourth-order valence-electron chi connectivity index (χ4n) is 2.46. The first-order chi connectivity index (χ1) is 9.84. The van der Waals surface area contributed by atoms with Crippen LogP contribution in [0.4, 0.5) is 0 Å². The monoisotopic (exact) mass is 312 g/mol. The molecular formula is C16H28N2O2S. The molecule has 0 aliphatic rings. The zero-order valence-corrected chi connectivity index (χ0v) is 14.3. The van der Waals surface area contributed by atoms with E-state index in [1.165, 1.54) is 0 Å². The van der Waals surface area contributed by atoms with Crippen molar-refractivity contribution in [3.8, 4) is 0 Å². The molecule has 0 bridgehead atoms. The third kappa shape index (κ3) is 4.28. The van der Waals surface area contributed by atoms with Crippen molar-refractivity contribution in [3.05, 3.63) is 29.8 Å². The molecule has 0 radical (unpaired) electrons. The smallest absolute Gasteiger partial charge is 0.241 e. The van der Waals surface area contributed by atoms with Gasteiger partial charge in [-0.25, -0.2) is 13.1 Å². The first kappa shape index (κ1) is 18.1. The predicted octanol–water partition coefficient (Wildman–Crippen LogP) is 3.34. The van der Waals surface area contributed by atoms with Crippen molar-refractivity contribution in [1.82, 2.24) is 4.72 Å². The number of benzene rings is 1. The molecule has 0 saturated heterocycles. The van der Waals surface area contributed by atoms with Gasteiger partial charge in [-0.3, -0.25) is 0 Å². The summed E-state index contributed by atoms with van der Waals surface area (Å²) in [7, 11) is -3.52. The second-order valence-electron chi connectivity index (χ2n) is 5.53. The maximum Gasteiger partial charge on any atom is 0.241 e. The fourth-order valence-corrected chi connectivity index (χ4v) is 4.13. The highest BCUT2D eigenvalue weighted by Gasteiger charge is 2.30. The highest BCUT2D eigenvalue weighted by atomic mass is 32.2. The predicted molar refractivity (Wildman–Crippen MR) is 87.6 cm³/mol. The third-order valence-electron chi connectivity index (χ3n) is 4.42. The van der Waals surface area contributed by atoms with Gasteiger partial charge in [0.15, 0.2) is 0 Å². The van der Waals surface area contributed by atoms with Crippen LogP contribution in [0.25, 0.3) is 0 Å². The first-order valence-electron chi connectivity index (χ1n) is 7.73. The Balaban J connectivity index is 3.14. The molecule has 1 unspecified atom stereocenters. The van der Waals surface area contributed by atoms with Crippen molar-refractivity contribution < 1.29 is 8.42 Å². The van der Waals surface area contributed by atoms with E-state index >= 15 is 0 Å². The number of nitrogens with one attached hydrogen (secondary N) is 1. The summed E-state index contributed by atoms with van der Waals surface area (Å²) in [6.45, 7) is 8.02. The maximum absolute atomic E-state index is 12.6. The van der Waals surface area contributed by atoms with Gasteiger partial charge < -0.3 is 5.73 Å². The fraction of sp³-hybridized carbons (Fsp3) is 0.625. The van der Waals surface area contributed by atoms with Gasteiger partial charge in [-0.2, -0.15) is 0 Å². The molecule has 0 aliphatic heterocycles. The summed E-state index contributed by atoms with van der Waals surface area (Å²) in [4.78, 5) is 0.295. The molecule has 0 aliphatic carbocycles. The largest absolute Gasteiger partial charge is 0.324 e. The van der Waals surface area contributed by atoms with Crippen LogP contribution in [0.3, 0.4) is 0 Å². The van der Waals surface area contributed by atoms with E-state index in [0.717, 1.165) is 31.2 Å². The van der Waals surface area contributed by atoms with E-state index in [-0.39, 0.29) is 11.6 Å². The first-order valence-corrected chi connectivity index (χ1v) is 9.22. The Kier molecular flexibility index (Phi) is 6.38. The van der Waals surface area contributed by atoms with Crippen LogP contribution in [0, 0.1) is 0 Å². The van der Waals surface area contributed by atoms with Crippen molar-refractivity contribution in [2.24, 2.45) is 5.73 Å². The summed E-state index contributed by atoms with van der Waals surface area (Å²) in [5, 5.41) is 0. The van der Waals surface area contributed by atoms with Gasteiger partial charge in [-0.15, -0.1) is 0 Å². The van der Waals surface area contributed by atoms with E-state index in [0.29, 0.717) is 4.90 Å². The van der Waals surface area contributed by atoms with Gasteiger partial charge in [0.25, 0.3) is 0 Å². The molecule has 1 rings (SSSR count). The third-order valence-corrected chi connectivity index (χ3v) is 5.99. The molecule has 21 heavy (non-hydrogen) atoms. The van der Waals surface area contributed by atoms with Crippen molar-refractivity contribution in [2.45, 2.75) is 69.9 Å². The Bertz CT molecular complexity index is 543. The molecule has 0 amide bonds. The van der Waals surface area contributed by atoms with Crippen LogP contribution in [0.15, 0.2) is 29.2 Å². The van der Waals surface area contributed by atoms with Crippen LogP contribution < -0.4 is 10.5 Å². The zero-order valence-electron chi connectivity index (χ0n) is 13.5. The lowest BCUT2D eigenvalue weighted by molar-refractivity contribution is 0.341. The minimum atomic E-state index is -3.52. The average molecular weight is 312 g/mol. The van der Waals surface area contributed by atoms with Crippen LogP contribution in [-0.4, -0.2) is 14.0 Å². The molecule has 3 N–H and O–H groups in total. The van der Waals surface area contributed by atoms with Gasteiger partial charge >= 0.3 is 0 Å². The van der Waals surface area contributed by atoms with Crippen LogP contribution >= 0.6 is 0 Å². The van der Waals surface area contributed by atoms with E-state index in [9.17, 15) is 8.42 Å². The van der Waals surface area contributed by atoms with Crippen molar-refractivity contribution in [1.29, 1.82) is 0 Å². The summed E-state index contributed by atoms with van der Waals surface area (Å²) in [5.74, 6) is 0. The minimum Gasteiger partial charge on any atom is -0.324 e. The summed E-state index contributed by atoms with van der Waals surface area (Å²) in [5.41, 5.74) is 6.48. The van der Waals surface area contributed by atoms with Gasteiger partial charge in [-0.05, 0) is 43.4 Å². The lowest BCUT2D eigenvalue weighted by Gasteiger charge is -2.31. The van der Waals surface area contributed by atoms with Gasteiger partial charge in [0.2, 0.25) is 10.0 Å². The normalized spacial score (nSPS) is 14.1. The quantitative estimate of drug-likeness (QED) is 0.773. The molecular weight excluding hydrogens is 284 g/mol. The Morgan fingerprint density at radius 2 is 1.71 bits per heavy atom. The SMILES string of the molecule is CCC(N)c1cccc(S(=O)(=O)NC(CC)(CC)CC)c1. The molecule has 1 aromatic rings. The number of rotatable bonds is 8. The second kappa shape index (κ2) is 7.38. The van der Waals surface area contributed by atoms with E-state index in [2.05, 4.69) is 4.72 Å². The number of sulfonamides is 1. The highest BCUT2D eigenvalue weighted by Crippen LogP contribution is 2.24. The van der Waals surface area contributed by atoms with Crippen LogP contribution in [0.1, 0.15) is 65.0 Å². The maximum atomic E-state index is 12.6. The molecule has 0 aromatic heterocycles. The lowest BCUT2D eigenvalue weighted by atomic mass is 9.91. The summed E-state index contributed by atoms with van der Waals surface area (Å²) in [6, 6.07) is 6.81. The van der Waals surface area contributed by atoms with Gasteiger partial charge in [0.1, 0.15) is 0 Å². The van der Waals surface area contributed by atoms with Gasteiger partial charge in [0, 0.05) is 11.6 Å². The number of hydrogen-bond donors (Lipinski definition) is 2. The van der Waals surface area contributed by atoms with E-state index in [4.69, 9.17) is 5.73 Å². The van der Waals surface area contributed by atoms with Crippen LogP contribution in [0.5, 0.6) is 0 Å². The summed E-state index contributed by atoms with van der Waals surface area (Å²) < 4.78 is 28.2. The lowest BCUT2D eigenvalue weighted by Crippen LogP contribution is -2.46. The Hall–Kier alpha value is -0.910. The summed E-state index contributed by atoms with van der Waals surface area (Å²) in [6.07, 6.45) is 3.09. The molecule has 0 heterocycles. The summed E-state index contributed by atoms with van der Waals surface area (Å²) >= 11 is 0. The topological polar surface area (TPSA) is 72.2 Å². The van der Waals surface area contributed by atoms with Crippen molar-refractivity contribution >= 4 is 10.0 Å². The molecule has 5 heteroatoms. The standard InChI is InChI=1S/C16H28N2O2S/c1-5-15(17)13-10-9-11-14(12-13)21(19,20)18-16(6-2,7-3)8-4/h9-12,15,18H,5-8,17H2,1-4H3. The van der Waals surface area contributed by atoms with Gasteiger partial charge in [-0.1, -0.05) is 39.8 Å². The molecule has 4 nitrogen and oxygen atoms in total. The molecule has 0 saturated carbocycles. The zero-order chi connectivity index (χ0) is 16.1. The van der Waals surface area contributed by atoms with Crippen molar-refractivity contribution in [2.75, 3.05) is 0 Å². The van der Waals surface area contributed by atoms with Crippen molar-refractivity contribution in [3.63, 3.8) is 0 Å². The van der Waals surface area contributed by atoms with E-state index in [1.807, 2.05) is 33.8 Å². The van der Waals surface area contributed by atoms with E-state index < -0.39 is 10.0 Å². The average Bonchev–Trinajstić information content (AvgIpc) is 2.52. The number of nitrogens with two attached hydrogens (primary N) is 1. The number of hydrogen-bond acceptors (Lipinski definition) is 3. The van der Waals surface area contributed by atoms with Crippen LogP contribution in [0.2, 0.25) is 0 Å². The second-order valence-corrected chi connectivity index (χ2v) is 7.22. The molecule has 1 aromatic carbocycles. The Morgan fingerprint density at radius 1 is 1.14 bits per heavy atom. The highest BCUT2D eigenvalue weighted by molar-refractivity contribution is 7.89. The molecule has 0 fully saturated rings. The van der Waals surface area contributed by atoms with Crippen LogP contribution in [-0.2, 0) is 10.0 Å². The Morgan fingerprint density at radius 3 is 2.19 bits per heavy atom. The van der Waals surface area contributed by atoms with E-state index in [1.54, 1.807) is 18.2 Å². The minimum absolute atomic E-state index is 0.131. The van der Waals surface area contributed by atoms with Gasteiger partial charge in [0.05, 0.1) is 4.90 Å². The Labute approximate surface area is 129 Å². The molecule has 120 valence electrons.